The predicted molar refractivity (Wildman–Crippen MR) is 55.3 cm³/mol. The summed E-state index contributed by atoms with van der Waals surface area (Å²) in [5.41, 5.74) is 0.993. The van der Waals surface area contributed by atoms with Crippen LogP contribution in [0.25, 0.3) is 0 Å². The fourth-order valence-electron chi connectivity index (χ4n) is 1.45. The summed E-state index contributed by atoms with van der Waals surface area (Å²) >= 11 is 0. The van der Waals surface area contributed by atoms with E-state index in [9.17, 15) is 13.2 Å². The molecule has 17 heavy (non-hydrogen) atoms. The minimum Gasteiger partial charge on any atom is -0.282 e. The molecule has 6 heteroatoms. The van der Waals surface area contributed by atoms with Gasteiger partial charge in [-0.2, -0.15) is 5.10 Å². The second-order valence-corrected chi connectivity index (χ2v) is 3.74. The minimum atomic E-state index is -2.63. The van der Waals surface area contributed by atoms with Crippen LogP contribution in [0.2, 0.25) is 0 Å². The van der Waals surface area contributed by atoms with Gasteiger partial charge in [0, 0.05) is 18.3 Å². The molecule has 0 atom stereocenters. The summed E-state index contributed by atoms with van der Waals surface area (Å²) in [5, 5.41) is 5.87. The molecule has 1 N–H and O–H groups in total. The Morgan fingerprint density at radius 2 is 2.12 bits per heavy atom. The fourth-order valence-corrected chi connectivity index (χ4v) is 1.45. The maximum absolute atomic E-state index is 13.5. The lowest BCUT2D eigenvalue weighted by Crippen LogP contribution is -1.97. The van der Waals surface area contributed by atoms with Crippen LogP contribution in [0.5, 0.6) is 0 Å². The number of H-pyrrole nitrogens is 1. The number of nitrogens with zero attached hydrogens (tertiary/aromatic N) is 2. The largest absolute Gasteiger partial charge is 0.282 e. The number of halogens is 3. The summed E-state index contributed by atoms with van der Waals surface area (Å²) in [7, 11) is 0. The number of hydrogen-bond donors (Lipinski definition) is 1. The molecule has 0 unspecified atom stereocenters. The number of aromatic amines is 1. The van der Waals surface area contributed by atoms with Gasteiger partial charge in [0.05, 0.1) is 5.69 Å². The van der Waals surface area contributed by atoms with E-state index in [-0.39, 0.29) is 17.8 Å². The third kappa shape index (κ3) is 2.64. The SMILES string of the molecule is Cc1cnc(Cc2cc(C(F)F)n[nH]2)c(F)c1. The molecule has 90 valence electrons. The van der Waals surface area contributed by atoms with Gasteiger partial charge in [0.2, 0.25) is 0 Å². The van der Waals surface area contributed by atoms with E-state index in [1.54, 1.807) is 6.92 Å². The van der Waals surface area contributed by atoms with Crippen LogP contribution < -0.4 is 0 Å². The van der Waals surface area contributed by atoms with Gasteiger partial charge in [-0.1, -0.05) is 0 Å². The van der Waals surface area contributed by atoms with Crippen LogP contribution in [-0.4, -0.2) is 15.2 Å². The van der Waals surface area contributed by atoms with E-state index in [1.165, 1.54) is 18.3 Å². The first-order chi connectivity index (χ1) is 8.06. The zero-order valence-corrected chi connectivity index (χ0v) is 9.04. The quantitative estimate of drug-likeness (QED) is 0.897. The molecular weight excluding hydrogens is 231 g/mol. The molecule has 2 aromatic rings. The Balaban J connectivity index is 2.19. The summed E-state index contributed by atoms with van der Waals surface area (Å²) < 4.78 is 38.0. The van der Waals surface area contributed by atoms with Gasteiger partial charge in [-0.05, 0) is 24.6 Å². The van der Waals surface area contributed by atoms with Crippen LogP contribution in [0.1, 0.15) is 29.1 Å². The van der Waals surface area contributed by atoms with Crippen LogP contribution in [-0.2, 0) is 6.42 Å². The van der Waals surface area contributed by atoms with Gasteiger partial charge in [0.25, 0.3) is 6.43 Å². The zero-order valence-electron chi connectivity index (χ0n) is 9.04. The van der Waals surface area contributed by atoms with E-state index in [4.69, 9.17) is 0 Å². The smallest absolute Gasteiger partial charge is 0.282 e. The van der Waals surface area contributed by atoms with E-state index >= 15 is 0 Å². The summed E-state index contributed by atoms with van der Waals surface area (Å²) in [6, 6.07) is 2.57. The lowest BCUT2D eigenvalue weighted by Gasteiger charge is -2.00. The number of hydrogen-bond acceptors (Lipinski definition) is 2. The molecule has 0 radical (unpaired) electrons. The number of nitrogens with one attached hydrogen (secondary N) is 1. The van der Waals surface area contributed by atoms with Gasteiger partial charge in [0.15, 0.2) is 0 Å². The van der Waals surface area contributed by atoms with E-state index in [2.05, 4.69) is 15.2 Å². The molecule has 0 fully saturated rings. The highest BCUT2D eigenvalue weighted by Gasteiger charge is 2.13. The highest BCUT2D eigenvalue weighted by molar-refractivity contribution is 5.21. The Kier molecular flexibility index (Phi) is 3.12. The van der Waals surface area contributed by atoms with Gasteiger partial charge in [-0.15, -0.1) is 0 Å². The summed E-state index contributed by atoms with van der Waals surface area (Å²) in [4.78, 5) is 3.92. The van der Waals surface area contributed by atoms with Crippen LogP contribution in [0.4, 0.5) is 13.2 Å². The summed E-state index contributed by atoms with van der Waals surface area (Å²) in [5.74, 6) is -0.446. The van der Waals surface area contributed by atoms with Gasteiger partial charge >= 0.3 is 0 Å². The second kappa shape index (κ2) is 4.57. The molecule has 2 heterocycles. The number of aromatic nitrogens is 3. The molecule has 0 saturated heterocycles. The number of pyridine rings is 1. The topological polar surface area (TPSA) is 41.6 Å². The third-order valence-corrected chi connectivity index (χ3v) is 2.29. The molecule has 0 aliphatic rings. The molecule has 0 spiro atoms. The molecule has 0 aliphatic carbocycles. The predicted octanol–water partition coefficient (Wildman–Crippen LogP) is 2.78. The third-order valence-electron chi connectivity index (χ3n) is 2.29. The standard InChI is InChI=1S/C11H10F3N3/c1-6-2-8(12)9(15-5-6)3-7-4-10(11(13)14)17-16-7/h2,4-5,11H,3H2,1H3,(H,16,17). The number of alkyl halides is 2. The van der Waals surface area contributed by atoms with Crippen molar-refractivity contribution in [3.8, 4) is 0 Å². The van der Waals surface area contributed by atoms with E-state index in [1.807, 2.05) is 0 Å². The molecule has 0 aromatic carbocycles. The Labute approximate surface area is 95.7 Å². The average Bonchev–Trinajstić information content (AvgIpc) is 2.71. The Hall–Kier alpha value is -1.85. The highest BCUT2D eigenvalue weighted by Crippen LogP contribution is 2.18. The van der Waals surface area contributed by atoms with Crippen molar-refractivity contribution in [2.24, 2.45) is 0 Å². The van der Waals surface area contributed by atoms with Crippen molar-refractivity contribution in [2.75, 3.05) is 0 Å². The Morgan fingerprint density at radius 1 is 1.35 bits per heavy atom. The minimum absolute atomic E-state index is 0.117. The Morgan fingerprint density at radius 3 is 2.71 bits per heavy atom. The van der Waals surface area contributed by atoms with E-state index in [0.717, 1.165) is 0 Å². The van der Waals surface area contributed by atoms with Gasteiger partial charge in [-0.3, -0.25) is 10.1 Å². The molecule has 2 aromatic heterocycles. The van der Waals surface area contributed by atoms with Crippen molar-refractivity contribution in [2.45, 2.75) is 19.8 Å². The van der Waals surface area contributed by atoms with Crippen LogP contribution >= 0.6 is 0 Å². The number of aryl methyl sites for hydroxylation is 1. The molecule has 2 rings (SSSR count). The monoisotopic (exact) mass is 241 g/mol. The van der Waals surface area contributed by atoms with Crippen LogP contribution in [0, 0.1) is 12.7 Å². The second-order valence-electron chi connectivity index (χ2n) is 3.74. The zero-order chi connectivity index (χ0) is 12.4. The summed E-state index contributed by atoms with van der Waals surface area (Å²) in [6.07, 6.45) is -0.981. The first kappa shape index (κ1) is 11.6. The normalized spacial score (nSPS) is 11.1. The van der Waals surface area contributed by atoms with Crippen molar-refractivity contribution in [3.63, 3.8) is 0 Å². The first-order valence-electron chi connectivity index (χ1n) is 4.99. The molecular formula is C11H10F3N3. The van der Waals surface area contributed by atoms with E-state index in [0.29, 0.717) is 11.3 Å². The maximum atomic E-state index is 13.5. The first-order valence-corrected chi connectivity index (χ1v) is 4.99. The molecule has 3 nitrogen and oxygen atoms in total. The van der Waals surface area contributed by atoms with Gasteiger partial charge in [-0.25, -0.2) is 13.2 Å². The number of rotatable bonds is 3. The van der Waals surface area contributed by atoms with Gasteiger partial charge < -0.3 is 0 Å². The maximum Gasteiger partial charge on any atom is 0.282 e. The summed E-state index contributed by atoms with van der Waals surface area (Å²) in [6.45, 7) is 1.73. The lowest BCUT2D eigenvalue weighted by atomic mass is 10.2. The van der Waals surface area contributed by atoms with Crippen molar-refractivity contribution in [3.05, 3.63) is 46.8 Å². The van der Waals surface area contributed by atoms with Crippen molar-refractivity contribution in [1.29, 1.82) is 0 Å². The molecule has 0 saturated carbocycles. The van der Waals surface area contributed by atoms with Crippen molar-refractivity contribution in [1.82, 2.24) is 15.2 Å². The lowest BCUT2D eigenvalue weighted by molar-refractivity contribution is 0.146. The van der Waals surface area contributed by atoms with Crippen molar-refractivity contribution >= 4 is 0 Å². The van der Waals surface area contributed by atoms with Gasteiger partial charge in [0.1, 0.15) is 11.5 Å². The fraction of sp³-hybridized carbons (Fsp3) is 0.273. The molecule has 0 bridgehead atoms. The van der Waals surface area contributed by atoms with E-state index < -0.39 is 12.2 Å². The molecule has 0 amide bonds. The Bertz CT molecular complexity index is 522. The average molecular weight is 241 g/mol. The highest BCUT2D eigenvalue weighted by atomic mass is 19.3. The molecule has 0 aliphatic heterocycles. The van der Waals surface area contributed by atoms with Crippen molar-refractivity contribution < 1.29 is 13.2 Å². The van der Waals surface area contributed by atoms with Crippen LogP contribution in [0.3, 0.4) is 0 Å². The van der Waals surface area contributed by atoms with Crippen LogP contribution in [0.15, 0.2) is 18.3 Å².